The second-order valence-corrected chi connectivity index (χ2v) is 6.52. The Morgan fingerprint density at radius 1 is 1.38 bits per heavy atom. The third kappa shape index (κ3) is 3.32. The highest BCUT2D eigenvalue weighted by Gasteiger charge is 2.28. The monoisotopic (exact) mass is 395 g/mol. The molecule has 0 atom stereocenters. The first-order valence-corrected chi connectivity index (χ1v) is 8.56. The third-order valence-corrected chi connectivity index (χ3v) is 4.92. The van der Waals surface area contributed by atoms with Crippen molar-refractivity contribution in [1.82, 2.24) is 15.1 Å². The van der Waals surface area contributed by atoms with Crippen LogP contribution in [0.2, 0.25) is 10.0 Å². The summed E-state index contributed by atoms with van der Waals surface area (Å²) in [5, 5.41) is 6.30. The summed E-state index contributed by atoms with van der Waals surface area (Å²) in [5.74, 6) is -1.18. The number of halogens is 3. The summed E-state index contributed by atoms with van der Waals surface area (Å²) >= 11 is 11.6. The van der Waals surface area contributed by atoms with Gasteiger partial charge in [-0.2, -0.15) is 5.10 Å². The molecule has 1 saturated heterocycles. The van der Waals surface area contributed by atoms with Crippen molar-refractivity contribution in [2.24, 2.45) is 10.7 Å². The van der Waals surface area contributed by atoms with E-state index in [9.17, 15) is 9.18 Å². The number of nitrogens with two attached hydrogens (primary N) is 1. The molecule has 1 aliphatic rings. The van der Waals surface area contributed by atoms with Gasteiger partial charge in [0, 0.05) is 25.4 Å². The fourth-order valence-electron chi connectivity index (χ4n) is 2.85. The van der Waals surface area contributed by atoms with Gasteiger partial charge >= 0.3 is 0 Å². The fraction of sp³-hybridized carbons (Fsp3) is 0.235. The van der Waals surface area contributed by atoms with Crippen molar-refractivity contribution in [3.8, 4) is 0 Å². The van der Waals surface area contributed by atoms with Crippen LogP contribution in [0.25, 0.3) is 5.70 Å². The molecule has 0 unspecified atom stereocenters. The predicted molar refractivity (Wildman–Crippen MR) is 100.0 cm³/mol. The Morgan fingerprint density at radius 2 is 2.15 bits per heavy atom. The maximum Gasteiger partial charge on any atom is 0.255 e. The van der Waals surface area contributed by atoms with Gasteiger partial charge in [0.1, 0.15) is 0 Å². The lowest BCUT2D eigenvalue weighted by molar-refractivity contribution is 0.0775. The van der Waals surface area contributed by atoms with E-state index in [0.717, 1.165) is 5.57 Å². The predicted octanol–water partition coefficient (Wildman–Crippen LogP) is 3.14. The average Bonchev–Trinajstić information content (AvgIpc) is 3.19. The van der Waals surface area contributed by atoms with Crippen LogP contribution in [0.15, 0.2) is 35.0 Å². The number of nitrogens with zero attached hydrogens (tertiary/aromatic N) is 3. The number of rotatable bonds is 2. The van der Waals surface area contributed by atoms with E-state index in [-0.39, 0.29) is 28.1 Å². The number of hydrogen-bond acceptors (Lipinski definition) is 4. The molecule has 9 heteroatoms. The Kier molecular flexibility index (Phi) is 5.29. The molecular formula is C17H16Cl2FN5O. The normalized spacial score (nSPS) is 18.3. The van der Waals surface area contributed by atoms with Gasteiger partial charge in [-0.15, -0.1) is 0 Å². The minimum absolute atomic E-state index is 0.0676. The number of carbonyl (C=O) groups is 1. The van der Waals surface area contributed by atoms with Crippen molar-refractivity contribution in [3.05, 3.63) is 57.1 Å². The van der Waals surface area contributed by atoms with Crippen molar-refractivity contribution in [2.75, 3.05) is 20.1 Å². The van der Waals surface area contributed by atoms with E-state index in [2.05, 4.69) is 15.2 Å². The standard InChI is InChI=1S/C17H16Cl2FN5O/c1-22-13-8-25(7-5-9(13)16(21)12-4-6-23-24-12)17(26)10-2-3-11(18)15(20)14(10)19/h2-4,6H,5,7-8,21H2,1H3,(H,23,24). The molecule has 1 amide bonds. The van der Waals surface area contributed by atoms with Crippen LogP contribution in [0, 0.1) is 5.82 Å². The first-order valence-electron chi connectivity index (χ1n) is 7.81. The van der Waals surface area contributed by atoms with Crippen LogP contribution in [-0.4, -0.2) is 46.9 Å². The smallest absolute Gasteiger partial charge is 0.255 e. The zero-order chi connectivity index (χ0) is 18.8. The molecule has 3 rings (SSSR count). The number of likely N-dealkylation sites (tertiary alicyclic amines) is 1. The summed E-state index contributed by atoms with van der Waals surface area (Å²) in [4.78, 5) is 18.6. The molecule has 2 heterocycles. The molecule has 0 aliphatic carbocycles. The van der Waals surface area contributed by atoms with Gasteiger partial charge in [0.05, 0.1) is 39.3 Å². The van der Waals surface area contributed by atoms with E-state index < -0.39 is 5.82 Å². The number of amides is 1. The Hall–Kier alpha value is -2.38. The topological polar surface area (TPSA) is 87.4 Å². The van der Waals surface area contributed by atoms with E-state index in [1.165, 1.54) is 12.1 Å². The number of benzene rings is 1. The third-order valence-electron chi connectivity index (χ3n) is 4.26. The van der Waals surface area contributed by atoms with E-state index in [1.54, 1.807) is 24.2 Å². The zero-order valence-electron chi connectivity index (χ0n) is 13.9. The Labute approximate surface area is 159 Å². The van der Waals surface area contributed by atoms with E-state index in [1.807, 2.05) is 0 Å². The number of nitrogens with one attached hydrogen (secondary N) is 1. The first kappa shape index (κ1) is 18.4. The van der Waals surface area contributed by atoms with Gasteiger partial charge < -0.3 is 10.6 Å². The van der Waals surface area contributed by atoms with Crippen molar-refractivity contribution < 1.29 is 9.18 Å². The number of aromatic amines is 1. The molecule has 1 aromatic carbocycles. The molecule has 3 N–H and O–H groups in total. The Balaban J connectivity index is 1.87. The molecule has 0 saturated carbocycles. The molecule has 1 aliphatic heterocycles. The molecule has 26 heavy (non-hydrogen) atoms. The summed E-state index contributed by atoms with van der Waals surface area (Å²) in [7, 11) is 1.64. The molecule has 1 aromatic heterocycles. The van der Waals surface area contributed by atoms with Crippen LogP contribution < -0.4 is 5.73 Å². The van der Waals surface area contributed by atoms with Crippen LogP contribution in [0.3, 0.4) is 0 Å². The number of aliphatic imine (C=N–C) groups is 1. The second-order valence-electron chi connectivity index (χ2n) is 5.73. The molecule has 0 radical (unpaired) electrons. The van der Waals surface area contributed by atoms with Gasteiger partial charge in [-0.05, 0) is 24.6 Å². The van der Waals surface area contributed by atoms with E-state index in [4.69, 9.17) is 28.9 Å². The molecule has 2 aromatic rings. The summed E-state index contributed by atoms with van der Waals surface area (Å²) < 4.78 is 13.9. The highest BCUT2D eigenvalue weighted by atomic mass is 35.5. The molecule has 0 bridgehead atoms. The molecule has 1 fully saturated rings. The minimum atomic E-state index is -0.801. The summed E-state index contributed by atoms with van der Waals surface area (Å²) in [5.41, 5.74) is 9.06. The van der Waals surface area contributed by atoms with Gasteiger partial charge in [-0.25, -0.2) is 4.39 Å². The van der Waals surface area contributed by atoms with Gasteiger partial charge in [0.15, 0.2) is 5.82 Å². The lowest BCUT2D eigenvalue weighted by atomic mass is 9.97. The number of H-pyrrole nitrogens is 1. The number of hydrogen-bond donors (Lipinski definition) is 2. The maximum absolute atomic E-state index is 13.9. The largest absolute Gasteiger partial charge is 0.397 e. The SMILES string of the molecule is CN=C1CN(C(=O)c2ccc(Cl)c(F)c2Cl)CCC1=C(N)c1ccn[nH]1. The number of piperidine rings is 1. The molecule has 0 spiro atoms. The van der Waals surface area contributed by atoms with Gasteiger partial charge in [0.25, 0.3) is 5.91 Å². The fourth-order valence-corrected chi connectivity index (χ4v) is 3.30. The Morgan fingerprint density at radius 3 is 2.81 bits per heavy atom. The highest BCUT2D eigenvalue weighted by molar-refractivity contribution is 6.37. The zero-order valence-corrected chi connectivity index (χ0v) is 15.4. The average molecular weight is 396 g/mol. The van der Waals surface area contributed by atoms with Crippen LogP contribution in [0.1, 0.15) is 22.5 Å². The first-order chi connectivity index (χ1) is 12.4. The van der Waals surface area contributed by atoms with Gasteiger partial charge in [-0.1, -0.05) is 23.2 Å². The van der Waals surface area contributed by atoms with E-state index in [0.29, 0.717) is 30.1 Å². The Bertz CT molecular complexity index is 908. The molecule has 6 nitrogen and oxygen atoms in total. The highest BCUT2D eigenvalue weighted by Crippen LogP contribution is 2.29. The maximum atomic E-state index is 13.9. The summed E-state index contributed by atoms with van der Waals surface area (Å²) in [6.07, 6.45) is 2.12. The lowest BCUT2D eigenvalue weighted by Crippen LogP contribution is -2.42. The quantitative estimate of drug-likeness (QED) is 0.765. The van der Waals surface area contributed by atoms with Crippen molar-refractivity contribution in [3.63, 3.8) is 0 Å². The number of carbonyl (C=O) groups excluding carboxylic acids is 1. The summed E-state index contributed by atoms with van der Waals surface area (Å²) in [6, 6.07) is 4.50. The van der Waals surface area contributed by atoms with E-state index >= 15 is 0 Å². The minimum Gasteiger partial charge on any atom is -0.397 e. The summed E-state index contributed by atoms with van der Waals surface area (Å²) in [6.45, 7) is 0.655. The van der Waals surface area contributed by atoms with Crippen molar-refractivity contribution >= 4 is 40.5 Å². The lowest BCUT2D eigenvalue weighted by Gasteiger charge is -2.30. The van der Waals surface area contributed by atoms with Gasteiger partial charge in [-0.3, -0.25) is 14.9 Å². The van der Waals surface area contributed by atoms with Crippen LogP contribution >= 0.6 is 23.2 Å². The van der Waals surface area contributed by atoms with Crippen LogP contribution in [0.5, 0.6) is 0 Å². The molecule has 136 valence electrons. The molecular weight excluding hydrogens is 380 g/mol. The second kappa shape index (κ2) is 7.47. The van der Waals surface area contributed by atoms with Crippen LogP contribution in [-0.2, 0) is 0 Å². The van der Waals surface area contributed by atoms with Crippen molar-refractivity contribution in [1.29, 1.82) is 0 Å². The number of aromatic nitrogens is 2. The van der Waals surface area contributed by atoms with Gasteiger partial charge in [0.2, 0.25) is 0 Å². The van der Waals surface area contributed by atoms with Crippen molar-refractivity contribution in [2.45, 2.75) is 6.42 Å². The van der Waals surface area contributed by atoms with Crippen LogP contribution in [0.4, 0.5) is 4.39 Å².